The molecule has 0 radical (unpaired) electrons. The zero-order valence-corrected chi connectivity index (χ0v) is 13.1. The van der Waals surface area contributed by atoms with Crippen LogP contribution in [0.4, 0.5) is 18.9 Å². The molecule has 110 valence electrons. The lowest BCUT2D eigenvalue weighted by molar-refractivity contribution is -0.137. The van der Waals surface area contributed by atoms with Crippen LogP contribution in [-0.2, 0) is 6.18 Å². The van der Waals surface area contributed by atoms with Crippen molar-refractivity contribution < 1.29 is 18.0 Å². The lowest BCUT2D eigenvalue weighted by Gasteiger charge is -2.10. The number of halogens is 4. The van der Waals surface area contributed by atoms with Crippen molar-refractivity contribution in [3.63, 3.8) is 0 Å². The first-order valence-electron chi connectivity index (χ1n) is 6.02. The topological polar surface area (TPSA) is 29.1 Å². The number of benzene rings is 2. The summed E-state index contributed by atoms with van der Waals surface area (Å²) < 4.78 is 38.9. The predicted molar refractivity (Wildman–Crippen MR) is 83.3 cm³/mol. The van der Waals surface area contributed by atoms with Gasteiger partial charge in [0.25, 0.3) is 5.91 Å². The van der Waals surface area contributed by atoms with Gasteiger partial charge in [-0.05, 0) is 71.5 Å². The number of rotatable bonds is 2. The molecule has 0 saturated heterocycles. The molecule has 0 heterocycles. The molecule has 0 saturated carbocycles. The van der Waals surface area contributed by atoms with Crippen molar-refractivity contribution in [2.75, 3.05) is 5.32 Å². The number of carbonyl (C=O) groups is 1. The molecule has 2 nitrogen and oxygen atoms in total. The van der Waals surface area contributed by atoms with Crippen LogP contribution in [0.25, 0.3) is 0 Å². The highest BCUT2D eigenvalue weighted by atomic mass is 127. The third-order valence-corrected chi connectivity index (χ3v) is 4.08. The van der Waals surface area contributed by atoms with E-state index in [0.717, 1.165) is 21.3 Å². The summed E-state index contributed by atoms with van der Waals surface area (Å²) >= 11 is 2.16. The number of alkyl halides is 3. The smallest absolute Gasteiger partial charge is 0.322 e. The number of amides is 1. The lowest BCUT2D eigenvalue weighted by atomic mass is 10.1. The molecular weight excluding hydrogens is 394 g/mol. The van der Waals surface area contributed by atoms with Gasteiger partial charge in [0.15, 0.2) is 0 Å². The second-order valence-corrected chi connectivity index (χ2v) is 5.66. The quantitative estimate of drug-likeness (QED) is 0.710. The summed E-state index contributed by atoms with van der Waals surface area (Å²) in [5.74, 6) is -0.568. The number of anilines is 1. The molecule has 0 fully saturated rings. The molecule has 0 unspecified atom stereocenters. The predicted octanol–water partition coefficient (Wildman–Crippen LogP) is 4.87. The van der Waals surface area contributed by atoms with Crippen molar-refractivity contribution in [2.45, 2.75) is 13.1 Å². The summed E-state index contributed by atoms with van der Waals surface area (Å²) in [7, 11) is 0. The van der Waals surface area contributed by atoms with E-state index in [2.05, 4.69) is 27.9 Å². The third kappa shape index (κ3) is 3.96. The van der Waals surface area contributed by atoms with Crippen LogP contribution >= 0.6 is 22.6 Å². The molecule has 0 aliphatic heterocycles. The summed E-state index contributed by atoms with van der Waals surface area (Å²) in [6.45, 7) is 1.89. The highest BCUT2D eigenvalue weighted by Gasteiger charge is 2.30. The minimum absolute atomic E-state index is 0.0268. The second-order valence-electron chi connectivity index (χ2n) is 4.50. The Hall–Kier alpha value is -1.57. The monoisotopic (exact) mass is 405 g/mol. The van der Waals surface area contributed by atoms with Gasteiger partial charge in [0.05, 0.1) is 5.56 Å². The van der Waals surface area contributed by atoms with Crippen molar-refractivity contribution in [2.24, 2.45) is 0 Å². The number of hydrogen-bond donors (Lipinski definition) is 1. The van der Waals surface area contributed by atoms with E-state index in [9.17, 15) is 18.0 Å². The van der Waals surface area contributed by atoms with E-state index in [1.54, 1.807) is 12.1 Å². The lowest BCUT2D eigenvalue weighted by Crippen LogP contribution is -2.14. The summed E-state index contributed by atoms with van der Waals surface area (Å²) in [5.41, 5.74) is 0.669. The van der Waals surface area contributed by atoms with Crippen LogP contribution < -0.4 is 5.32 Å². The number of carbonyl (C=O) groups excluding carboxylic acids is 1. The minimum atomic E-state index is -4.46. The Morgan fingerprint density at radius 1 is 1.14 bits per heavy atom. The molecule has 0 atom stereocenters. The first-order valence-corrected chi connectivity index (χ1v) is 7.10. The van der Waals surface area contributed by atoms with E-state index < -0.39 is 17.6 Å². The Labute approximate surface area is 133 Å². The normalized spacial score (nSPS) is 11.3. The molecule has 21 heavy (non-hydrogen) atoms. The third-order valence-electron chi connectivity index (χ3n) is 2.87. The van der Waals surface area contributed by atoms with Gasteiger partial charge in [-0.15, -0.1) is 0 Å². The number of nitrogens with one attached hydrogen (secondary N) is 1. The van der Waals surface area contributed by atoms with Crippen molar-refractivity contribution in [3.8, 4) is 0 Å². The summed E-state index contributed by atoms with van der Waals surface area (Å²) in [6.07, 6.45) is -4.46. The fourth-order valence-electron chi connectivity index (χ4n) is 1.76. The van der Waals surface area contributed by atoms with Crippen LogP contribution in [0.1, 0.15) is 21.5 Å². The standard InChI is InChI=1S/C15H11F3INO/c1-9-7-12(5-6-13(9)19)20-14(21)10-3-2-4-11(8-10)15(16,17)18/h2-8H,1H3,(H,20,21). The SMILES string of the molecule is Cc1cc(NC(=O)c2cccc(C(F)(F)F)c2)ccc1I. The maximum absolute atomic E-state index is 12.6. The first-order chi connectivity index (χ1) is 9.77. The Morgan fingerprint density at radius 2 is 1.86 bits per heavy atom. The van der Waals surface area contributed by atoms with E-state index in [-0.39, 0.29) is 5.56 Å². The molecule has 0 spiro atoms. The summed E-state index contributed by atoms with van der Waals surface area (Å²) in [6, 6.07) is 9.66. The molecule has 2 aromatic rings. The molecule has 2 rings (SSSR count). The molecule has 0 aliphatic rings. The van der Waals surface area contributed by atoms with Gasteiger partial charge in [-0.2, -0.15) is 13.2 Å². The highest BCUT2D eigenvalue weighted by Crippen LogP contribution is 2.29. The van der Waals surface area contributed by atoms with E-state index >= 15 is 0 Å². The summed E-state index contributed by atoms with van der Waals surface area (Å²) in [4.78, 5) is 12.0. The summed E-state index contributed by atoms with van der Waals surface area (Å²) in [5, 5.41) is 2.60. The van der Waals surface area contributed by atoms with Crippen LogP contribution in [0.3, 0.4) is 0 Å². The number of hydrogen-bond acceptors (Lipinski definition) is 1. The van der Waals surface area contributed by atoms with E-state index in [1.165, 1.54) is 12.1 Å². The van der Waals surface area contributed by atoms with Crippen LogP contribution in [-0.4, -0.2) is 5.91 Å². The fourth-order valence-corrected chi connectivity index (χ4v) is 2.10. The number of aryl methyl sites for hydroxylation is 1. The van der Waals surface area contributed by atoms with Crippen molar-refractivity contribution in [1.82, 2.24) is 0 Å². The van der Waals surface area contributed by atoms with Crippen LogP contribution in [0.15, 0.2) is 42.5 Å². The maximum Gasteiger partial charge on any atom is 0.416 e. The second kappa shape index (κ2) is 6.05. The maximum atomic E-state index is 12.6. The highest BCUT2D eigenvalue weighted by molar-refractivity contribution is 14.1. The van der Waals surface area contributed by atoms with Crippen LogP contribution in [0.2, 0.25) is 0 Å². The van der Waals surface area contributed by atoms with Gasteiger partial charge in [-0.1, -0.05) is 6.07 Å². The molecule has 2 aromatic carbocycles. The van der Waals surface area contributed by atoms with Crippen LogP contribution in [0, 0.1) is 10.5 Å². The average Bonchev–Trinajstić information content (AvgIpc) is 2.42. The van der Waals surface area contributed by atoms with E-state index in [1.807, 2.05) is 13.0 Å². The van der Waals surface area contributed by atoms with Crippen molar-refractivity contribution >= 4 is 34.2 Å². The average molecular weight is 405 g/mol. The Morgan fingerprint density at radius 3 is 2.48 bits per heavy atom. The van der Waals surface area contributed by atoms with E-state index in [4.69, 9.17) is 0 Å². The van der Waals surface area contributed by atoms with Gasteiger partial charge in [0, 0.05) is 14.8 Å². The first kappa shape index (κ1) is 15.8. The van der Waals surface area contributed by atoms with Gasteiger partial charge in [-0.3, -0.25) is 4.79 Å². The van der Waals surface area contributed by atoms with Gasteiger partial charge in [0.1, 0.15) is 0 Å². The molecule has 1 N–H and O–H groups in total. The molecule has 0 bridgehead atoms. The molecule has 0 aliphatic carbocycles. The van der Waals surface area contributed by atoms with Crippen molar-refractivity contribution in [3.05, 3.63) is 62.7 Å². The van der Waals surface area contributed by atoms with Gasteiger partial charge in [0.2, 0.25) is 0 Å². The molecular formula is C15H11F3INO. The van der Waals surface area contributed by atoms with Gasteiger partial charge < -0.3 is 5.32 Å². The van der Waals surface area contributed by atoms with E-state index in [0.29, 0.717) is 5.69 Å². The Balaban J connectivity index is 2.22. The zero-order chi connectivity index (χ0) is 15.6. The molecule has 6 heteroatoms. The zero-order valence-electron chi connectivity index (χ0n) is 11.0. The van der Waals surface area contributed by atoms with Gasteiger partial charge >= 0.3 is 6.18 Å². The Kier molecular flexibility index (Phi) is 4.55. The van der Waals surface area contributed by atoms with Gasteiger partial charge in [-0.25, -0.2) is 0 Å². The van der Waals surface area contributed by atoms with Crippen molar-refractivity contribution in [1.29, 1.82) is 0 Å². The minimum Gasteiger partial charge on any atom is -0.322 e. The molecule has 0 aromatic heterocycles. The fraction of sp³-hybridized carbons (Fsp3) is 0.133. The molecule has 1 amide bonds. The van der Waals surface area contributed by atoms with Crippen LogP contribution in [0.5, 0.6) is 0 Å². The Bertz CT molecular complexity index is 683. The largest absolute Gasteiger partial charge is 0.416 e.